The van der Waals surface area contributed by atoms with Crippen LogP contribution in [0.1, 0.15) is 244 Å². The number of nitrogens with zero attached hydrogens (tertiary/aromatic N) is 4. The van der Waals surface area contributed by atoms with E-state index in [1.807, 2.05) is 82.2 Å². The number of anilines is 1. The average molecular weight is 2060 g/mol. The van der Waals surface area contributed by atoms with Crippen molar-refractivity contribution in [2.75, 3.05) is 83.2 Å². The Kier molecular flexibility index (Phi) is 50.5. The number of fused-ring (bicyclic) bond motifs is 2. The van der Waals surface area contributed by atoms with E-state index < -0.39 is 242 Å². The molecular weight excluding hydrogens is 1920 g/mol. The SMILES string of the molecule is CC[N+]1=C(/C=C/C=C/C=C/C=C2/N(CCCCCC(=O)C[C@H](CCC(=O)O)C(=O)N[C@H](CCC(=O)O)C(=O)C[C@H](CCC(=O)O)C(=O)N[C@H](CCC(=O)O)C(=O)C[C@H](CCC(=O)O)C(=O)N[C@@H](Cc3ccc(/C(C)=N/OCCNC(=O)OCCOC)cc3)C(=O)CCCOCC(=O)N3CCC[C@H]3C(=O)N[C@@H](CC(C)C)C(=O)CCC(=O)N[C@H](C)CSC)c3ccc(S(=O)(=O)O)cc3C2(C)C)C(C)(C)c2cc(C)ccc21. The molecule has 12 N–H and O–H groups in total. The van der Waals surface area contributed by atoms with Gasteiger partial charge in [-0.05, 0) is 178 Å². The number of methoxy groups -OCH3 is 1. The Morgan fingerprint density at radius 2 is 1.17 bits per heavy atom. The van der Waals surface area contributed by atoms with Crippen molar-refractivity contribution >= 4 is 145 Å². The number of thioether (sulfide) groups is 1. The molecule has 3 aromatic carbocycles. The number of alkyl carbamates (subject to hydrolysis) is 1. The molecule has 6 rings (SSSR count). The quantitative estimate of drug-likeness (QED) is 0.00624. The first kappa shape index (κ1) is 121. The molecule has 41 heteroatoms. The topological polar surface area (TPSA) is 577 Å². The Bertz CT molecular complexity index is 5370. The van der Waals surface area contributed by atoms with Gasteiger partial charge >= 0.3 is 35.9 Å². The maximum atomic E-state index is 14.8. The number of ketones is 5. The molecule has 796 valence electrons. The Labute approximate surface area is 851 Å². The summed E-state index contributed by atoms with van der Waals surface area (Å²) in [5, 5.41) is 69.4. The summed E-state index contributed by atoms with van der Waals surface area (Å²) in [6, 6.07) is 10.2. The molecule has 0 aliphatic carbocycles. The zero-order chi connectivity index (χ0) is 107. The summed E-state index contributed by atoms with van der Waals surface area (Å²) in [7, 11) is -3.15. The van der Waals surface area contributed by atoms with Gasteiger partial charge in [0.2, 0.25) is 41.1 Å². The van der Waals surface area contributed by atoms with Crippen LogP contribution in [0.5, 0.6) is 0 Å². The minimum atomic E-state index is -4.60. The van der Waals surface area contributed by atoms with Crippen molar-refractivity contribution in [3.8, 4) is 0 Å². The van der Waals surface area contributed by atoms with Gasteiger partial charge in [-0.2, -0.15) is 24.8 Å². The molecule has 0 spiro atoms. The van der Waals surface area contributed by atoms with Crippen LogP contribution in [0.15, 0.2) is 119 Å². The lowest BCUT2D eigenvalue weighted by Gasteiger charge is -2.27. The highest BCUT2D eigenvalue weighted by molar-refractivity contribution is 7.98. The van der Waals surface area contributed by atoms with E-state index in [2.05, 4.69) is 93.6 Å². The highest BCUT2D eigenvalue weighted by Gasteiger charge is 2.46. The number of nitrogens with one attached hydrogen (secondary N) is 6. The molecule has 0 bridgehead atoms. The van der Waals surface area contributed by atoms with Gasteiger partial charge in [-0.3, -0.25) is 81.3 Å². The number of aliphatic carboxylic acids is 5. The molecule has 9 atom stereocenters. The maximum absolute atomic E-state index is 14.8. The summed E-state index contributed by atoms with van der Waals surface area (Å²) in [5.41, 5.74) is 7.20. The molecule has 0 unspecified atom stereocenters. The molecule has 1 saturated heterocycles. The number of aryl methyl sites for hydroxylation is 1. The number of oxime groups is 1. The van der Waals surface area contributed by atoms with Crippen LogP contribution in [0.4, 0.5) is 16.2 Å². The first-order chi connectivity index (χ1) is 68.6. The summed E-state index contributed by atoms with van der Waals surface area (Å²) < 4.78 is 52.9. The number of hydrogen-bond acceptors (Lipinski definition) is 26. The first-order valence-corrected chi connectivity index (χ1v) is 52.1. The van der Waals surface area contributed by atoms with E-state index in [1.54, 1.807) is 49.0 Å². The van der Waals surface area contributed by atoms with Crippen molar-refractivity contribution in [2.24, 2.45) is 28.8 Å². The molecule has 0 saturated carbocycles. The van der Waals surface area contributed by atoms with Crippen molar-refractivity contribution in [1.82, 2.24) is 36.8 Å². The number of Topliss-reactive ketones (excluding diaryl/α,β-unsaturated/α-hetero) is 5. The molecular formula is C104H145N10O29S2+. The van der Waals surface area contributed by atoms with Gasteiger partial charge < -0.3 is 86.3 Å². The summed E-state index contributed by atoms with van der Waals surface area (Å²) in [6.45, 7) is 20.5. The fourth-order valence-corrected chi connectivity index (χ4v) is 18.8. The second-order valence-corrected chi connectivity index (χ2v) is 40.5. The number of hydrogen-bond donors (Lipinski definition) is 12. The van der Waals surface area contributed by atoms with Gasteiger partial charge in [0.1, 0.15) is 38.2 Å². The second kappa shape index (κ2) is 60.5. The number of rotatable bonds is 69. The molecule has 3 aliphatic heterocycles. The van der Waals surface area contributed by atoms with Crippen molar-refractivity contribution in [1.29, 1.82) is 0 Å². The van der Waals surface area contributed by atoms with Gasteiger partial charge in [0.05, 0.1) is 53.3 Å². The number of unbranched alkanes of at least 4 members (excludes halogenated alkanes) is 2. The maximum Gasteiger partial charge on any atom is 0.407 e. The third kappa shape index (κ3) is 40.5. The second-order valence-electron chi connectivity index (χ2n) is 38.1. The van der Waals surface area contributed by atoms with Crippen LogP contribution in [0.25, 0.3) is 0 Å². The summed E-state index contributed by atoms with van der Waals surface area (Å²) in [5.74, 6) is -19.7. The zero-order valence-electron chi connectivity index (χ0n) is 85.0. The third-order valence-corrected chi connectivity index (χ3v) is 27.2. The van der Waals surface area contributed by atoms with Crippen LogP contribution in [0.2, 0.25) is 0 Å². The van der Waals surface area contributed by atoms with Gasteiger partial charge in [-0.25, -0.2) is 4.79 Å². The van der Waals surface area contributed by atoms with Crippen LogP contribution in [0.3, 0.4) is 0 Å². The van der Waals surface area contributed by atoms with Gasteiger partial charge in [0.15, 0.2) is 28.8 Å². The van der Waals surface area contributed by atoms with E-state index in [0.717, 1.165) is 18.0 Å². The number of carboxylic acid groups (broad SMARTS) is 5. The Hall–Kier alpha value is -12.5. The summed E-state index contributed by atoms with van der Waals surface area (Å²) in [6.07, 6.45) is 6.64. The molecule has 0 radical (unpaired) electrons. The van der Waals surface area contributed by atoms with Crippen LogP contribution in [-0.2, 0) is 123 Å². The first-order valence-electron chi connectivity index (χ1n) is 49.2. The molecule has 39 nitrogen and oxygen atoms in total. The molecule has 3 aromatic rings. The van der Waals surface area contributed by atoms with Gasteiger partial charge in [0, 0.05) is 168 Å². The van der Waals surface area contributed by atoms with Crippen LogP contribution in [0, 0.1) is 30.6 Å². The fraction of sp³-hybridized carbons (Fsp3) is 0.567. The Morgan fingerprint density at radius 1 is 0.593 bits per heavy atom. The number of carbonyl (C=O) groups is 17. The lowest BCUT2D eigenvalue weighted by Crippen LogP contribution is -2.51. The Morgan fingerprint density at radius 3 is 1.74 bits per heavy atom. The lowest BCUT2D eigenvalue weighted by molar-refractivity contribution is -0.433. The summed E-state index contributed by atoms with van der Waals surface area (Å²) >= 11 is 1.56. The van der Waals surface area contributed by atoms with Gasteiger partial charge in [0.25, 0.3) is 10.1 Å². The molecule has 0 aromatic heterocycles. The van der Waals surface area contributed by atoms with E-state index in [1.165, 1.54) is 41.0 Å². The fourth-order valence-electron chi connectivity index (χ4n) is 17.7. The molecule has 3 aliphatic rings. The Balaban J connectivity index is 1.16. The van der Waals surface area contributed by atoms with Crippen molar-refractivity contribution in [2.45, 2.75) is 282 Å². The number of allylic oxidation sites excluding steroid dienone is 8. The number of likely N-dealkylation sites (tertiary alicyclic amines) is 1. The largest absolute Gasteiger partial charge is 0.481 e. The van der Waals surface area contributed by atoms with Crippen LogP contribution >= 0.6 is 11.8 Å². The number of carbonyl (C=O) groups excluding carboxylic acids is 12. The molecule has 1 fully saturated rings. The standard InChI is InChI=1S/C104H144N10O29S2/c1-13-112-82-40-29-66(4)57-76(82)103(7,8)89(112)27-19-15-14-16-20-28-90-104(9,10)77-62-75(145(137,138)139)37-41-83(77)113(90)50-21-17-18-24-74(115)59-71(34-44-93(122)123)98(132)107-78(38-47-96(128)129)87(118)60-72(35-45-94(124)125)99(133)108-79(39-48-97(130)131)88(119)61-73(36-46-95(126)127)100(134)109-81(58-69-30-32-70(33-31-69)68(6)111-143-53-49-105-102(136)142-55-54-140-11)85(116)26-23-52-141-63-92(121)114-51-22-25-84(114)101(135)110-80(56-65(2)3)86(117)42-43-91(120)106-67(5)64-144-12/h14-16,19-20,27-33,37,40-41,57,62,65,67,71-73,78-81,84H,13,17-18,21-26,34-36,38-39,42-56,58-61,63-64H2,1-12H3,(H11-,105,106,107,108,109,110,120,122,123,124,125,126,127,128,129,130,131,132,133,134,135,136,137,138,139)/p+1/b111-68+/t67-,71+,72+,73+,78-,79-,80+,81+,84+/m1/s1. The van der Waals surface area contributed by atoms with E-state index in [4.69, 9.17) is 19.0 Å². The monoisotopic (exact) mass is 2060 g/mol. The van der Waals surface area contributed by atoms with Crippen molar-refractivity contribution in [3.63, 3.8) is 0 Å². The zero-order valence-corrected chi connectivity index (χ0v) is 86.6. The smallest absolute Gasteiger partial charge is 0.407 e. The highest BCUT2D eigenvalue weighted by atomic mass is 32.2. The number of ether oxygens (including phenoxy) is 3. The molecule has 7 amide bonds. The van der Waals surface area contributed by atoms with Crippen molar-refractivity contribution < 1.29 is 144 Å². The predicted molar refractivity (Wildman–Crippen MR) is 541 cm³/mol. The predicted octanol–water partition coefficient (Wildman–Crippen LogP) is 10.5. The van der Waals surface area contributed by atoms with Gasteiger partial charge in [-0.15, -0.1) is 0 Å². The van der Waals surface area contributed by atoms with E-state index in [9.17, 15) is 120 Å². The molecule has 145 heavy (non-hydrogen) atoms. The minimum absolute atomic E-state index is 0.0240. The number of carboxylic acids is 5. The minimum Gasteiger partial charge on any atom is -0.481 e. The normalized spacial score (nSPS) is 16.3. The average Bonchev–Trinajstić information content (AvgIpc) is 1.57. The van der Waals surface area contributed by atoms with Crippen LogP contribution in [-0.4, -0.2) is 274 Å². The van der Waals surface area contributed by atoms with Crippen molar-refractivity contribution in [3.05, 3.63) is 137 Å². The number of amides is 7. The highest BCUT2D eigenvalue weighted by Crippen LogP contribution is 2.49. The van der Waals surface area contributed by atoms with Gasteiger partial charge in [-0.1, -0.05) is 106 Å². The summed E-state index contributed by atoms with van der Waals surface area (Å²) in [4.78, 5) is 237. The molecule has 3 heterocycles. The number of benzene rings is 3. The third-order valence-electron chi connectivity index (χ3n) is 25.5. The van der Waals surface area contributed by atoms with E-state index in [0.29, 0.717) is 59.6 Å². The van der Waals surface area contributed by atoms with E-state index >= 15 is 0 Å². The lowest BCUT2D eigenvalue weighted by atomic mass is 9.81. The van der Waals surface area contributed by atoms with Crippen LogP contribution < -0.4 is 36.8 Å². The van der Waals surface area contributed by atoms with E-state index in [-0.39, 0.29) is 131 Å².